The van der Waals surface area contributed by atoms with Crippen molar-refractivity contribution in [2.75, 3.05) is 5.32 Å². The summed E-state index contributed by atoms with van der Waals surface area (Å²) in [5, 5.41) is 5.79. The molecule has 0 bridgehead atoms. The average molecular weight is 521 g/mol. The van der Waals surface area contributed by atoms with Crippen molar-refractivity contribution >= 4 is 23.6 Å². The number of carbonyl (C=O) groups is 3. The topological polar surface area (TPSA) is 101 Å². The van der Waals surface area contributed by atoms with Crippen LogP contribution in [-0.4, -0.2) is 33.8 Å². The van der Waals surface area contributed by atoms with Gasteiger partial charge in [0.25, 0.3) is 5.91 Å². The van der Waals surface area contributed by atoms with Gasteiger partial charge in [0, 0.05) is 17.4 Å². The molecule has 8 nitrogen and oxygen atoms in total. The molecular weight excluding hydrogens is 492 g/mol. The van der Waals surface area contributed by atoms with E-state index in [0.29, 0.717) is 22.5 Å². The fourth-order valence-corrected chi connectivity index (χ4v) is 4.47. The highest BCUT2D eigenvalue weighted by molar-refractivity contribution is 6.04. The van der Waals surface area contributed by atoms with E-state index >= 15 is 0 Å². The molecule has 0 aliphatic carbocycles. The Labute approximate surface area is 226 Å². The van der Waals surface area contributed by atoms with Gasteiger partial charge in [-0.1, -0.05) is 66.2 Å². The number of cyclic esters (lactones) is 1. The maximum Gasteiger partial charge on any atom is 0.411 e. The van der Waals surface area contributed by atoms with Gasteiger partial charge in [-0.25, -0.2) is 4.79 Å². The van der Waals surface area contributed by atoms with Gasteiger partial charge in [0.2, 0.25) is 5.91 Å². The van der Waals surface area contributed by atoms with E-state index in [4.69, 9.17) is 4.74 Å². The van der Waals surface area contributed by atoms with Crippen LogP contribution >= 0.6 is 0 Å². The van der Waals surface area contributed by atoms with Crippen LogP contribution in [0.15, 0.2) is 103 Å². The minimum Gasteiger partial charge on any atom is -0.438 e. The van der Waals surface area contributed by atoms with Crippen LogP contribution in [0.4, 0.5) is 10.5 Å². The molecule has 4 aromatic rings. The molecule has 1 aliphatic rings. The molecule has 1 aromatic heterocycles. The van der Waals surface area contributed by atoms with Crippen LogP contribution < -0.4 is 10.6 Å². The summed E-state index contributed by atoms with van der Waals surface area (Å²) in [6.45, 7) is 2.41. The van der Waals surface area contributed by atoms with E-state index < -0.39 is 18.2 Å². The van der Waals surface area contributed by atoms with Crippen LogP contribution in [-0.2, 0) is 22.6 Å². The van der Waals surface area contributed by atoms with Crippen LogP contribution in [0.5, 0.6) is 0 Å². The molecule has 8 heteroatoms. The number of pyridine rings is 1. The smallest absolute Gasteiger partial charge is 0.411 e. The maximum atomic E-state index is 13.6. The average Bonchev–Trinajstić information content (AvgIpc) is 3.29. The monoisotopic (exact) mass is 520 g/mol. The molecule has 3 amide bonds. The lowest BCUT2D eigenvalue weighted by Crippen LogP contribution is -2.46. The Bertz CT molecular complexity index is 1460. The predicted octanol–water partition coefficient (Wildman–Crippen LogP) is 5.02. The summed E-state index contributed by atoms with van der Waals surface area (Å²) in [6.07, 6.45) is 0.198. The number of ether oxygens (including phenoxy) is 1. The van der Waals surface area contributed by atoms with Crippen LogP contribution in [0.2, 0.25) is 0 Å². The Hall–Kier alpha value is -4.98. The van der Waals surface area contributed by atoms with Crippen molar-refractivity contribution in [3.8, 4) is 0 Å². The number of hydrogen-bond donors (Lipinski definition) is 2. The normalized spacial score (nSPS) is 16.4. The van der Waals surface area contributed by atoms with Crippen molar-refractivity contribution in [2.24, 2.45) is 0 Å². The van der Waals surface area contributed by atoms with Crippen molar-refractivity contribution in [1.29, 1.82) is 0 Å². The van der Waals surface area contributed by atoms with Crippen molar-refractivity contribution in [1.82, 2.24) is 15.2 Å². The van der Waals surface area contributed by atoms with Gasteiger partial charge >= 0.3 is 6.09 Å². The molecule has 0 saturated carbocycles. The van der Waals surface area contributed by atoms with E-state index in [0.717, 1.165) is 11.1 Å². The third-order valence-electron chi connectivity index (χ3n) is 6.51. The minimum absolute atomic E-state index is 0.210. The van der Waals surface area contributed by atoms with Crippen molar-refractivity contribution in [2.45, 2.75) is 32.2 Å². The van der Waals surface area contributed by atoms with Crippen LogP contribution in [0.25, 0.3) is 0 Å². The van der Waals surface area contributed by atoms with Crippen molar-refractivity contribution in [3.05, 3.63) is 131 Å². The lowest BCUT2D eigenvalue weighted by molar-refractivity contribution is -0.126. The van der Waals surface area contributed by atoms with Gasteiger partial charge in [-0.3, -0.25) is 19.5 Å². The number of rotatable bonds is 8. The first-order chi connectivity index (χ1) is 19.0. The summed E-state index contributed by atoms with van der Waals surface area (Å²) >= 11 is 0. The highest BCUT2D eigenvalue weighted by atomic mass is 16.6. The molecule has 0 unspecified atom stereocenters. The van der Waals surface area contributed by atoms with Gasteiger partial charge < -0.3 is 15.4 Å². The number of hydrogen-bond acceptors (Lipinski definition) is 5. The largest absolute Gasteiger partial charge is 0.438 e. The SMILES string of the molecule is Cc1ccc(CN2C(=O)O[C@@H](c3cccc(NC(=O)c4ccccc4)c3)[C@H]2C(=O)NCc2ccccn2)cc1. The molecule has 1 aliphatic heterocycles. The fourth-order valence-electron chi connectivity index (χ4n) is 4.47. The van der Waals surface area contributed by atoms with Gasteiger partial charge in [-0.05, 0) is 54.4 Å². The summed E-state index contributed by atoms with van der Waals surface area (Å²) < 4.78 is 5.78. The molecule has 0 radical (unpaired) electrons. The number of nitrogens with one attached hydrogen (secondary N) is 2. The number of amides is 3. The van der Waals surface area contributed by atoms with Gasteiger partial charge in [-0.15, -0.1) is 0 Å². The molecule has 2 N–H and O–H groups in total. The number of nitrogens with zero attached hydrogens (tertiary/aromatic N) is 2. The Balaban J connectivity index is 1.40. The zero-order valence-corrected chi connectivity index (χ0v) is 21.4. The van der Waals surface area contributed by atoms with Crippen molar-refractivity contribution in [3.63, 3.8) is 0 Å². The molecule has 5 rings (SSSR count). The van der Waals surface area contributed by atoms with Crippen molar-refractivity contribution < 1.29 is 19.1 Å². The molecule has 1 fully saturated rings. The summed E-state index contributed by atoms with van der Waals surface area (Å²) in [6, 6.07) is 28.2. The minimum atomic E-state index is -0.928. The van der Waals surface area contributed by atoms with Gasteiger partial charge in [-0.2, -0.15) is 0 Å². The number of benzene rings is 3. The highest BCUT2D eigenvalue weighted by Gasteiger charge is 2.47. The Kier molecular flexibility index (Phi) is 7.63. The summed E-state index contributed by atoms with van der Waals surface area (Å²) in [5.41, 5.74) is 4.32. The zero-order chi connectivity index (χ0) is 27.2. The zero-order valence-electron chi connectivity index (χ0n) is 21.4. The van der Waals surface area contributed by atoms with E-state index in [1.165, 1.54) is 4.90 Å². The fraction of sp³-hybridized carbons (Fsp3) is 0.161. The lowest BCUT2D eigenvalue weighted by atomic mass is 10.00. The van der Waals surface area contributed by atoms with Gasteiger partial charge in [0.1, 0.15) is 0 Å². The first-order valence-corrected chi connectivity index (χ1v) is 12.6. The van der Waals surface area contributed by atoms with E-state index in [2.05, 4.69) is 15.6 Å². The second kappa shape index (κ2) is 11.6. The first kappa shape index (κ1) is 25.7. The van der Waals surface area contributed by atoms with Gasteiger partial charge in [0.05, 0.1) is 18.8 Å². The second-order valence-electron chi connectivity index (χ2n) is 9.35. The Morgan fingerprint density at radius 2 is 1.69 bits per heavy atom. The third kappa shape index (κ3) is 6.13. The maximum absolute atomic E-state index is 13.6. The van der Waals surface area contributed by atoms with Gasteiger partial charge in [0.15, 0.2) is 12.1 Å². The van der Waals surface area contributed by atoms with E-state index in [1.807, 2.05) is 49.4 Å². The highest BCUT2D eigenvalue weighted by Crippen LogP contribution is 2.35. The van der Waals surface area contributed by atoms with E-state index in [9.17, 15) is 14.4 Å². The van der Waals surface area contributed by atoms with E-state index in [1.54, 1.807) is 60.8 Å². The summed E-state index contributed by atoms with van der Waals surface area (Å²) in [5.74, 6) is -0.621. The molecule has 2 heterocycles. The number of carbonyl (C=O) groups excluding carboxylic acids is 3. The molecule has 3 aromatic carbocycles. The number of aryl methyl sites for hydroxylation is 1. The summed E-state index contributed by atoms with van der Waals surface area (Å²) in [4.78, 5) is 45.1. The predicted molar refractivity (Wildman–Crippen MR) is 147 cm³/mol. The second-order valence-corrected chi connectivity index (χ2v) is 9.35. The third-order valence-corrected chi connectivity index (χ3v) is 6.51. The quantitative estimate of drug-likeness (QED) is 0.340. The van der Waals surface area contributed by atoms with Crippen LogP contribution in [0, 0.1) is 6.92 Å². The molecule has 2 atom stereocenters. The number of anilines is 1. The molecule has 196 valence electrons. The number of aromatic nitrogens is 1. The van der Waals surface area contributed by atoms with E-state index in [-0.39, 0.29) is 24.9 Å². The van der Waals surface area contributed by atoms with Crippen LogP contribution in [0.1, 0.15) is 38.8 Å². The van der Waals surface area contributed by atoms with Crippen LogP contribution in [0.3, 0.4) is 0 Å². The molecule has 39 heavy (non-hydrogen) atoms. The lowest BCUT2D eigenvalue weighted by Gasteiger charge is -2.24. The molecule has 0 spiro atoms. The Morgan fingerprint density at radius 1 is 0.923 bits per heavy atom. The first-order valence-electron chi connectivity index (χ1n) is 12.6. The standard InChI is InChI=1S/C31H28N4O4/c1-21-13-15-22(16-14-21)20-35-27(30(37)33-19-26-11-5-6-17-32-26)28(39-31(35)38)24-10-7-12-25(18-24)34-29(36)23-8-3-2-4-9-23/h2-18,27-28H,19-20H2,1H3,(H,33,37)(H,34,36)/t27-,28-/m0/s1. The Morgan fingerprint density at radius 3 is 2.44 bits per heavy atom. The molecule has 1 saturated heterocycles. The molecular formula is C31H28N4O4. The summed E-state index contributed by atoms with van der Waals surface area (Å²) in [7, 11) is 0.